The molecule has 2 aliphatic heterocycles. The molecule has 0 radical (unpaired) electrons. The summed E-state index contributed by atoms with van der Waals surface area (Å²) in [6, 6.07) is 10.3. The number of halogens is 1. The predicted molar refractivity (Wildman–Crippen MR) is 173 cm³/mol. The number of nitrogens with zero attached hydrogens (tertiary/aromatic N) is 4. The number of aromatic nitrogens is 2. The lowest BCUT2D eigenvalue weighted by Crippen LogP contribution is -2.40. The van der Waals surface area contributed by atoms with Gasteiger partial charge in [0.15, 0.2) is 5.82 Å². The highest BCUT2D eigenvalue weighted by Gasteiger charge is 2.32. The Hall–Kier alpha value is -3.01. The summed E-state index contributed by atoms with van der Waals surface area (Å²) in [7, 11) is 3.63. The molecule has 3 heterocycles. The highest BCUT2D eigenvalue weighted by Crippen LogP contribution is 2.46. The van der Waals surface area contributed by atoms with Gasteiger partial charge in [-0.3, -0.25) is 9.69 Å². The van der Waals surface area contributed by atoms with Crippen molar-refractivity contribution in [2.24, 2.45) is 0 Å². The number of carbonyl (C=O) groups is 1. The maximum absolute atomic E-state index is 12.2. The fourth-order valence-electron chi connectivity index (χ4n) is 5.81. The molecule has 5 rings (SSSR count). The first-order valence-electron chi connectivity index (χ1n) is 14.7. The normalized spacial score (nSPS) is 17.2. The van der Waals surface area contributed by atoms with Gasteiger partial charge in [-0.05, 0) is 75.0 Å². The van der Waals surface area contributed by atoms with E-state index in [0.717, 1.165) is 54.4 Å². The Balaban J connectivity index is 1.37. The van der Waals surface area contributed by atoms with Crippen molar-refractivity contribution in [2.45, 2.75) is 69.1 Å². The van der Waals surface area contributed by atoms with Crippen molar-refractivity contribution >= 4 is 52.4 Å². The third kappa shape index (κ3) is 6.96. The number of amides is 1. The summed E-state index contributed by atoms with van der Waals surface area (Å²) < 4.78 is 6.38. The largest absolute Gasteiger partial charge is 0.488 e. The van der Waals surface area contributed by atoms with E-state index >= 15 is 0 Å². The number of aryl methyl sites for hydroxylation is 1. The number of rotatable bonds is 9. The zero-order valence-electron chi connectivity index (χ0n) is 25.3. The van der Waals surface area contributed by atoms with Gasteiger partial charge in [-0.15, -0.1) is 11.8 Å². The third-order valence-electron chi connectivity index (χ3n) is 7.79. The predicted octanol–water partition coefficient (Wildman–Crippen LogP) is 7.02. The summed E-state index contributed by atoms with van der Waals surface area (Å²) >= 11 is 8.32. The Morgan fingerprint density at radius 3 is 2.64 bits per heavy atom. The average molecular weight is 609 g/mol. The molecule has 224 valence electrons. The number of piperidine rings is 1. The molecule has 10 heteroatoms. The lowest BCUT2D eigenvalue weighted by atomic mass is 9.82. The Bertz CT molecular complexity index is 1440. The molecule has 42 heavy (non-hydrogen) atoms. The number of ether oxygens (including phenoxy) is 1. The van der Waals surface area contributed by atoms with Gasteiger partial charge in [0, 0.05) is 36.2 Å². The van der Waals surface area contributed by atoms with E-state index in [1.165, 1.54) is 16.7 Å². The summed E-state index contributed by atoms with van der Waals surface area (Å²) in [5.74, 6) is 2.49. The quantitative estimate of drug-likeness (QED) is 0.251. The number of benzene rings is 2. The van der Waals surface area contributed by atoms with Crippen LogP contribution in [0.2, 0.25) is 5.02 Å². The van der Waals surface area contributed by atoms with Gasteiger partial charge in [0.05, 0.1) is 24.1 Å². The zero-order chi connectivity index (χ0) is 30.0. The first-order chi connectivity index (χ1) is 20.1. The molecular formula is C32H41ClN6O2S. The number of thioether (sulfide) groups is 1. The van der Waals surface area contributed by atoms with Crippen LogP contribution in [0.1, 0.15) is 56.2 Å². The van der Waals surface area contributed by atoms with Gasteiger partial charge in [0.1, 0.15) is 16.9 Å². The molecule has 0 bridgehead atoms. The van der Waals surface area contributed by atoms with Crippen LogP contribution in [0.3, 0.4) is 0 Å². The highest BCUT2D eigenvalue weighted by molar-refractivity contribution is 8.00. The molecule has 1 aromatic heterocycles. The summed E-state index contributed by atoms with van der Waals surface area (Å²) in [5.41, 5.74) is 5.74. The molecule has 2 N–H and O–H groups in total. The Kier molecular flexibility index (Phi) is 9.50. The van der Waals surface area contributed by atoms with Crippen molar-refractivity contribution in [1.82, 2.24) is 19.8 Å². The number of anilines is 4. The molecule has 0 aliphatic carbocycles. The number of hydrogen-bond acceptors (Lipinski definition) is 8. The van der Waals surface area contributed by atoms with E-state index in [4.69, 9.17) is 21.3 Å². The summed E-state index contributed by atoms with van der Waals surface area (Å²) in [6.45, 7) is 11.0. The minimum absolute atomic E-state index is 0.0947. The minimum atomic E-state index is 0.0947. The van der Waals surface area contributed by atoms with E-state index in [2.05, 4.69) is 60.3 Å². The van der Waals surface area contributed by atoms with Crippen LogP contribution in [-0.4, -0.2) is 70.8 Å². The van der Waals surface area contributed by atoms with Crippen LogP contribution >= 0.6 is 23.4 Å². The topological polar surface area (TPSA) is 82.6 Å². The molecule has 1 amide bonds. The zero-order valence-corrected chi connectivity index (χ0v) is 26.9. The number of nitrogens with one attached hydrogen (secondary N) is 2. The first-order valence-corrected chi connectivity index (χ1v) is 15.9. The van der Waals surface area contributed by atoms with E-state index in [-0.39, 0.29) is 12.0 Å². The molecule has 0 saturated carbocycles. The van der Waals surface area contributed by atoms with Gasteiger partial charge in [-0.2, -0.15) is 4.98 Å². The smallest absolute Gasteiger partial charge is 0.236 e. The summed E-state index contributed by atoms with van der Waals surface area (Å²) in [5, 5.41) is 7.74. The molecule has 1 fully saturated rings. The van der Waals surface area contributed by atoms with Crippen LogP contribution in [0.4, 0.5) is 23.1 Å². The fraction of sp³-hybridized carbons (Fsp3) is 0.469. The fourth-order valence-corrected chi connectivity index (χ4v) is 6.86. The lowest BCUT2D eigenvalue weighted by Gasteiger charge is -2.33. The highest BCUT2D eigenvalue weighted by atomic mass is 35.5. The van der Waals surface area contributed by atoms with E-state index in [1.54, 1.807) is 22.9 Å². The summed E-state index contributed by atoms with van der Waals surface area (Å²) in [4.78, 5) is 26.5. The van der Waals surface area contributed by atoms with Crippen molar-refractivity contribution < 1.29 is 9.53 Å². The molecule has 3 aromatic rings. The minimum Gasteiger partial charge on any atom is -0.488 e. The van der Waals surface area contributed by atoms with Gasteiger partial charge in [-0.1, -0.05) is 37.6 Å². The van der Waals surface area contributed by atoms with Gasteiger partial charge in [-0.25, -0.2) is 4.98 Å². The van der Waals surface area contributed by atoms with E-state index in [1.807, 2.05) is 32.3 Å². The monoisotopic (exact) mass is 608 g/mol. The molecular weight excluding hydrogens is 568 g/mol. The Morgan fingerprint density at radius 2 is 1.93 bits per heavy atom. The van der Waals surface area contributed by atoms with Gasteiger partial charge >= 0.3 is 0 Å². The summed E-state index contributed by atoms with van der Waals surface area (Å²) in [6.07, 6.45) is 4.65. The van der Waals surface area contributed by atoms with Crippen molar-refractivity contribution in [3.8, 4) is 5.75 Å². The second-order valence-electron chi connectivity index (χ2n) is 11.7. The van der Waals surface area contributed by atoms with E-state index in [9.17, 15) is 4.79 Å². The number of likely N-dealkylation sites (tertiary alicyclic amines) is 1. The van der Waals surface area contributed by atoms with Crippen LogP contribution < -0.4 is 15.4 Å². The maximum atomic E-state index is 12.2. The lowest BCUT2D eigenvalue weighted by molar-refractivity contribution is -0.130. The van der Waals surface area contributed by atoms with Crippen LogP contribution in [0, 0.1) is 6.92 Å². The number of para-hydroxylation sites is 1. The average Bonchev–Trinajstić information content (AvgIpc) is 3.33. The van der Waals surface area contributed by atoms with Crippen molar-refractivity contribution in [2.75, 3.05) is 44.4 Å². The van der Waals surface area contributed by atoms with Gasteiger partial charge in [0.25, 0.3) is 0 Å². The standard InChI is InChI=1S/C32H41ClN6O2S/c1-19(2)42-27-10-8-7-9-25(27)35-31-24(33)17-34-32(37-31)36-26-15-20(3)29(23-16-21(4)41-30(23)26)22-11-13-39(14-12-22)18-28(40)38(5)6/h7-10,15,17,19,21-22H,11-14,16,18H2,1-6H3,(H2,34,35,36,37)/t21-/m0/s1. The second-order valence-corrected chi connectivity index (χ2v) is 13.8. The molecule has 2 aromatic carbocycles. The van der Waals surface area contributed by atoms with Gasteiger partial charge < -0.3 is 20.3 Å². The molecule has 0 spiro atoms. The SMILES string of the molecule is Cc1cc(Nc2ncc(Cl)c(Nc3ccccc3SC(C)C)n2)c2c(c1C1CCN(CC(=O)N(C)C)CC1)C[C@H](C)O2. The molecule has 0 unspecified atom stereocenters. The molecule has 2 aliphatic rings. The van der Waals surface area contributed by atoms with Gasteiger partial charge in [0.2, 0.25) is 11.9 Å². The van der Waals surface area contributed by atoms with Crippen LogP contribution in [0.25, 0.3) is 0 Å². The van der Waals surface area contributed by atoms with Crippen molar-refractivity contribution in [3.05, 3.63) is 58.2 Å². The second kappa shape index (κ2) is 13.1. The third-order valence-corrected chi connectivity index (χ3v) is 9.14. The Morgan fingerprint density at radius 1 is 1.19 bits per heavy atom. The van der Waals surface area contributed by atoms with Crippen LogP contribution in [0.5, 0.6) is 5.75 Å². The first kappa shape index (κ1) is 30.4. The molecule has 1 atom stereocenters. The van der Waals surface area contributed by atoms with Crippen molar-refractivity contribution in [1.29, 1.82) is 0 Å². The molecule has 1 saturated heterocycles. The van der Waals surface area contributed by atoms with E-state index in [0.29, 0.717) is 34.5 Å². The maximum Gasteiger partial charge on any atom is 0.236 e. The number of carbonyl (C=O) groups excluding carboxylic acids is 1. The molecule has 8 nitrogen and oxygen atoms in total. The number of hydrogen-bond donors (Lipinski definition) is 2. The number of likely N-dealkylation sites (N-methyl/N-ethyl adjacent to an activating group) is 1. The van der Waals surface area contributed by atoms with Crippen LogP contribution in [-0.2, 0) is 11.2 Å². The van der Waals surface area contributed by atoms with Crippen molar-refractivity contribution in [3.63, 3.8) is 0 Å². The number of fused-ring (bicyclic) bond motifs is 1. The van der Waals surface area contributed by atoms with E-state index < -0.39 is 0 Å². The Labute approximate surface area is 258 Å². The van der Waals surface area contributed by atoms with Crippen LogP contribution in [0.15, 0.2) is 41.4 Å².